The highest BCUT2D eigenvalue weighted by atomic mass is 127. The predicted molar refractivity (Wildman–Crippen MR) is 117 cm³/mol. The lowest BCUT2D eigenvalue weighted by Crippen LogP contribution is -2.72. The van der Waals surface area contributed by atoms with E-state index in [1.54, 1.807) is 0 Å². The summed E-state index contributed by atoms with van der Waals surface area (Å²) in [7, 11) is 1.95. The molecule has 5 aliphatic rings. The van der Waals surface area contributed by atoms with Gasteiger partial charge in [-0.05, 0) is 31.6 Å². The normalized spacial score (nSPS) is 38.1. The molecule has 0 aromatic carbocycles. The summed E-state index contributed by atoms with van der Waals surface area (Å²) in [5.74, 6) is 2.60. The van der Waals surface area contributed by atoms with Gasteiger partial charge in [0.15, 0.2) is 5.96 Å². The zero-order valence-electron chi connectivity index (χ0n) is 16.6. The van der Waals surface area contributed by atoms with Gasteiger partial charge in [-0.3, -0.25) is 9.89 Å². The van der Waals surface area contributed by atoms with E-state index in [1.807, 2.05) is 7.05 Å². The van der Waals surface area contributed by atoms with Gasteiger partial charge in [0.1, 0.15) is 0 Å². The fraction of sp³-hybridized carbons (Fsp3) is 0.950. The van der Waals surface area contributed by atoms with Gasteiger partial charge in [0, 0.05) is 63.8 Å². The lowest BCUT2D eigenvalue weighted by molar-refractivity contribution is -0.171. The van der Waals surface area contributed by atoms with Gasteiger partial charge in [-0.25, -0.2) is 0 Å². The van der Waals surface area contributed by atoms with E-state index >= 15 is 0 Å². The zero-order valence-corrected chi connectivity index (χ0v) is 18.9. The third-order valence-corrected chi connectivity index (χ3v) is 7.74. The Balaban J connectivity index is 0.00000180. The molecular weight excluding hydrogens is 455 g/mol. The smallest absolute Gasteiger partial charge is 0.193 e. The number of likely N-dealkylation sites (tertiary alicyclic amines) is 1. The lowest BCUT2D eigenvalue weighted by atomic mass is 9.46. The molecule has 0 amide bonds. The standard InChI is InChI=1S/C20H34N4O2.HI/c1-21-19(22-17-16-4-10-26-18(16)20(17)5-2-6-20)24-7-3-15(14-24)13-23-8-11-25-12-9-23;/h15-18H,2-14H2,1H3,(H,21,22);1H. The summed E-state index contributed by atoms with van der Waals surface area (Å²) in [4.78, 5) is 9.74. The second-order valence-corrected chi connectivity index (χ2v) is 9.01. The number of hydrogen-bond donors (Lipinski definition) is 1. The summed E-state index contributed by atoms with van der Waals surface area (Å²) in [5, 5.41) is 3.90. The van der Waals surface area contributed by atoms with Crippen LogP contribution in [-0.2, 0) is 9.47 Å². The molecule has 2 aliphatic carbocycles. The zero-order chi connectivity index (χ0) is 17.6. The van der Waals surface area contributed by atoms with Crippen molar-refractivity contribution >= 4 is 29.9 Å². The van der Waals surface area contributed by atoms with Crippen LogP contribution < -0.4 is 5.32 Å². The van der Waals surface area contributed by atoms with Crippen LogP contribution in [0.3, 0.4) is 0 Å². The van der Waals surface area contributed by atoms with Crippen molar-refractivity contribution in [2.45, 2.75) is 44.2 Å². The van der Waals surface area contributed by atoms with E-state index in [0.717, 1.165) is 57.9 Å². The van der Waals surface area contributed by atoms with Gasteiger partial charge in [-0.2, -0.15) is 0 Å². The second kappa shape index (κ2) is 8.32. The Hall–Kier alpha value is -0.120. The van der Waals surface area contributed by atoms with Gasteiger partial charge in [-0.1, -0.05) is 6.42 Å². The SMILES string of the molecule is CN=C(NC1C2CCOC2C12CCC2)N1CCC(CN2CCOCC2)C1.I. The number of nitrogens with zero attached hydrogens (tertiary/aromatic N) is 3. The first-order valence-corrected chi connectivity index (χ1v) is 10.7. The number of morpholine rings is 1. The fourth-order valence-electron chi connectivity index (χ4n) is 6.22. The quantitative estimate of drug-likeness (QED) is 0.372. The summed E-state index contributed by atoms with van der Waals surface area (Å²) in [6, 6.07) is 0.584. The Bertz CT molecular complexity index is 550. The molecule has 1 spiro atoms. The Morgan fingerprint density at radius 1 is 1.15 bits per heavy atom. The van der Waals surface area contributed by atoms with Crippen LogP contribution in [0.25, 0.3) is 0 Å². The molecule has 0 radical (unpaired) electrons. The molecule has 7 heteroatoms. The Morgan fingerprint density at radius 2 is 1.96 bits per heavy atom. The van der Waals surface area contributed by atoms with Crippen molar-refractivity contribution in [2.24, 2.45) is 22.2 Å². The highest BCUT2D eigenvalue weighted by Crippen LogP contribution is 2.62. The highest BCUT2D eigenvalue weighted by Gasteiger charge is 2.66. The lowest BCUT2D eigenvalue weighted by Gasteiger charge is -2.63. The molecule has 3 saturated heterocycles. The van der Waals surface area contributed by atoms with Crippen molar-refractivity contribution in [3.8, 4) is 0 Å². The third kappa shape index (κ3) is 3.51. The predicted octanol–water partition coefficient (Wildman–Crippen LogP) is 1.79. The van der Waals surface area contributed by atoms with Crippen LogP contribution in [0.5, 0.6) is 0 Å². The van der Waals surface area contributed by atoms with Crippen molar-refractivity contribution in [3.05, 3.63) is 0 Å². The van der Waals surface area contributed by atoms with E-state index in [4.69, 9.17) is 9.47 Å². The van der Waals surface area contributed by atoms with Crippen LogP contribution in [0.4, 0.5) is 0 Å². The van der Waals surface area contributed by atoms with E-state index in [1.165, 1.54) is 38.6 Å². The summed E-state index contributed by atoms with van der Waals surface area (Å²) in [6.07, 6.45) is 7.07. The Morgan fingerprint density at radius 3 is 2.67 bits per heavy atom. The largest absolute Gasteiger partial charge is 0.379 e. The molecule has 3 aliphatic heterocycles. The van der Waals surface area contributed by atoms with Gasteiger partial charge in [0.2, 0.25) is 0 Å². The van der Waals surface area contributed by atoms with Crippen molar-refractivity contribution in [1.29, 1.82) is 0 Å². The van der Waals surface area contributed by atoms with E-state index in [2.05, 4.69) is 20.1 Å². The summed E-state index contributed by atoms with van der Waals surface area (Å²) >= 11 is 0. The number of guanidine groups is 1. The van der Waals surface area contributed by atoms with Crippen molar-refractivity contribution in [1.82, 2.24) is 15.1 Å². The van der Waals surface area contributed by atoms with Crippen LogP contribution in [-0.4, -0.2) is 87.5 Å². The first kappa shape index (κ1) is 20.2. The molecule has 0 aromatic heterocycles. The van der Waals surface area contributed by atoms with Crippen LogP contribution in [0, 0.1) is 17.3 Å². The molecule has 5 fully saturated rings. The van der Waals surface area contributed by atoms with Gasteiger partial charge in [0.05, 0.1) is 19.3 Å². The Kier molecular flexibility index (Phi) is 6.21. The molecule has 1 N–H and O–H groups in total. The van der Waals surface area contributed by atoms with Crippen LogP contribution in [0.2, 0.25) is 0 Å². The first-order chi connectivity index (χ1) is 12.8. The molecule has 4 atom stereocenters. The minimum Gasteiger partial charge on any atom is -0.379 e. The number of nitrogens with one attached hydrogen (secondary N) is 1. The van der Waals surface area contributed by atoms with Crippen LogP contribution in [0.15, 0.2) is 4.99 Å². The maximum atomic E-state index is 6.07. The topological polar surface area (TPSA) is 49.3 Å². The fourth-order valence-corrected chi connectivity index (χ4v) is 6.22. The minimum atomic E-state index is 0. The average Bonchev–Trinajstić information content (AvgIpc) is 3.24. The minimum absolute atomic E-state index is 0. The molecule has 154 valence electrons. The van der Waals surface area contributed by atoms with E-state index in [-0.39, 0.29) is 24.0 Å². The molecule has 3 heterocycles. The molecule has 0 aromatic rings. The summed E-state index contributed by atoms with van der Waals surface area (Å²) in [6.45, 7) is 8.43. The van der Waals surface area contributed by atoms with E-state index in [0.29, 0.717) is 23.5 Å². The van der Waals surface area contributed by atoms with Crippen LogP contribution in [0.1, 0.15) is 32.1 Å². The maximum absolute atomic E-state index is 6.07. The Labute approximate surface area is 180 Å². The number of fused-ring (bicyclic) bond motifs is 2. The molecule has 2 saturated carbocycles. The number of ether oxygens (including phenoxy) is 2. The number of hydrogen-bond acceptors (Lipinski definition) is 4. The first-order valence-electron chi connectivity index (χ1n) is 10.7. The maximum Gasteiger partial charge on any atom is 0.193 e. The molecule has 27 heavy (non-hydrogen) atoms. The van der Waals surface area contributed by atoms with Gasteiger partial charge in [-0.15, -0.1) is 24.0 Å². The highest BCUT2D eigenvalue weighted by molar-refractivity contribution is 14.0. The second-order valence-electron chi connectivity index (χ2n) is 9.01. The molecule has 6 nitrogen and oxygen atoms in total. The number of aliphatic imine (C=N–C) groups is 1. The van der Waals surface area contributed by atoms with Gasteiger partial charge >= 0.3 is 0 Å². The van der Waals surface area contributed by atoms with Crippen molar-refractivity contribution in [3.63, 3.8) is 0 Å². The number of halogens is 1. The average molecular weight is 490 g/mol. The van der Waals surface area contributed by atoms with Gasteiger partial charge < -0.3 is 19.7 Å². The monoisotopic (exact) mass is 490 g/mol. The summed E-state index contributed by atoms with van der Waals surface area (Å²) in [5.41, 5.74) is 0.421. The molecule has 4 unspecified atom stereocenters. The van der Waals surface area contributed by atoms with Gasteiger partial charge in [0.25, 0.3) is 0 Å². The number of rotatable bonds is 3. The third-order valence-electron chi connectivity index (χ3n) is 7.74. The van der Waals surface area contributed by atoms with E-state index in [9.17, 15) is 0 Å². The van der Waals surface area contributed by atoms with E-state index < -0.39 is 0 Å². The summed E-state index contributed by atoms with van der Waals surface area (Å²) < 4.78 is 11.6. The van der Waals surface area contributed by atoms with Crippen molar-refractivity contribution in [2.75, 3.05) is 59.6 Å². The molecule has 5 rings (SSSR count). The van der Waals surface area contributed by atoms with Crippen molar-refractivity contribution < 1.29 is 9.47 Å². The van der Waals surface area contributed by atoms with Crippen LogP contribution >= 0.6 is 24.0 Å². The molecule has 0 bridgehead atoms. The molecular formula is C20H35IN4O2.